The number of aliphatic hydroxyl groups is 1. The molecule has 2 rings (SSSR count). The summed E-state index contributed by atoms with van der Waals surface area (Å²) in [5, 5.41) is 16.5. The van der Waals surface area contributed by atoms with E-state index in [1.165, 1.54) is 6.07 Å². The summed E-state index contributed by atoms with van der Waals surface area (Å²) >= 11 is 0. The molecule has 0 aromatic heterocycles. The molecule has 0 heterocycles. The number of hydrogen-bond donors (Lipinski definition) is 3. The van der Waals surface area contributed by atoms with Crippen LogP contribution in [0.15, 0.2) is 54.6 Å². The minimum absolute atomic E-state index is 0.159. The van der Waals surface area contributed by atoms with Crippen molar-refractivity contribution >= 4 is 6.09 Å². The Morgan fingerprint density at radius 3 is 2.31 bits per heavy atom. The summed E-state index contributed by atoms with van der Waals surface area (Å²) in [5.41, 5.74) is 0.140. The zero-order chi connectivity index (χ0) is 23.8. The number of amides is 1. The molecular weight excluding hydrogens is 421 g/mol. The quantitative estimate of drug-likeness (QED) is 0.495. The Labute approximate surface area is 187 Å². The number of carbonyl (C=O) groups excluding carboxylic acids is 1. The Kier molecular flexibility index (Phi) is 9.09. The van der Waals surface area contributed by atoms with Gasteiger partial charge in [-0.05, 0) is 57.4 Å². The molecule has 3 N–H and O–H groups in total. The van der Waals surface area contributed by atoms with Gasteiger partial charge in [0.15, 0.2) is 0 Å². The Morgan fingerprint density at radius 2 is 1.69 bits per heavy atom. The first-order chi connectivity index (χ1) is 14.9. The maximum atomic E-state index is 12.8. The van der Waals surface area contributed by atoms with E-state index in [0.29, 0.717) is 24.9 Å². The van der Waals surface area contributed by atoms with Crippen LogP contribution in [0.3, 0.4) is 0 Å². The maximum Gasteiger partial charge on any atom is 0.416 e. The van der Waals surface area contributed by atoms with Gasteiger partial charge in [-0.25, -0.2) is 4.79 Å². The number of rotatable bonds is 9. The molecule has 0 radical (unpaired) electrons. The minimum Gasteiger partial charge on any atom is -0.444 e. The SMILES string of the molecule is CC(C)(C)OC(=O)N[C@@H](Cc1ccccc1)[C@H](O)CNCCc1cccc(C(F)(F)F)c1. The van der Waals surface area contributed by atoms with Gasteiger partial charge in [-0.2, -0.15) is 13.2 Å². The standard InChI is InChI=1S/C24H31F3N2O3/c1-23(2,3)32-22(31)29-20(15-17-8-5-4-6-9-17)21(30)16-28-13-12-18-10-7-11-19(14-18)24(25,26)27/h4-11,14,20-21,28,30H,12-13,15-16H2,1-3H3,(H,29,31)/t20-,21+/m0/s1. The molecule has 0 aliphatic carbocycles. The Bertz CT molecular complexity index is 852. The summed E-state index contributed by atoms with van der Waals surface area (Å²) in [6.45, 7) is 5.80. The van der Waals surface area contributed by atoms with Crippen LogP contribution >= 0.6 is 0 Å². The average molecular weight is 453 g/mol. The lowest BCUT2D eigenvalue weighted by atomic mass is 10.0. The number of carbonyl (C=O) groups is 1. The van der Waals surface area contributed by atoms with Crippen LogP contribution in [0.2, 0.25) is 0 Å². The van der Waals surface area contributed by atoms with Crippen molar-refractivity contribution in [3.63, 3.8) is 0 Å². The van der Waals surface area contributed by atoms with E-state index < -0.39 is 35.6 Å². The molecule has 0 saturated carbocycles. The topological polar surface area (TPSA) is 70.6 Å². The summed E-state index contributed by atoms with van der Waals surface area (Å²) in [6, 6.07) is 14.0. The van der Waals surface area contributed by atoms with Crippen molar-refractivity contribution in [3.8, 4) is 0 Å². The number of alkyl carbamates (subject to hydrolysis) is 1. The van der Waals surface area contributed by atoms with Crippen molar-refractivity contribution in [2.45, 2.75) is 57.5 Å². The third-order valence-electron chi connectivity index (χ3n) is 4.66. The Morgan fingerprint density at radius 1 is 1.03 bits per heavy atom. The fourth-order valence-electron chi connectivity index (χ4n) is 3.14. The summed E-state index contributed by atoms with van der Waals surface area (Å²) in [6.07, 6.45) is -5.15. The lowest BCUT2D eigenvalue weighted by Crippen LogP contribution is -2.50. The molecule has 5 nitrogen and oxygen atoms in total. The summed E-state index contributed by atoms with van der Waals surface area (Å²) in [7, 11) is 0. The van der Waals surface area contributed by atoms with E-state index >= 15 is 0 Å². The van der Waals surface area contributed by atoms with Gasteiger partial charge in [0.25, 0.3) is 0 Å². The molecule has 2 atom stereocenters. The van der Waals surface area contributed by atoms with Gasteiger partial charge < -0.3 is 20.5 Å². The van der Waals surface area contributed by atoms with E-state index in [2.05, 4.69) is 10.6 Å². The highest BCUT2D eigenvalue weighted by Gasteiger charge is 2.30. The monoisotopic (exact) mass is 452 g/mol. The van der Waals surface area contributed by atoms with Gasteiger partial charge in [-0.3, -0.25) is 0 Å². The number of benzene rings is 2. The largest absolute Gasteiger partial charge is 0.444 e. The number of aliphatic hydroxyl groups excluding tert-OH is 1. The van der Waals surface area contributed by atoms with E-state index in [4.69, 9.17) is 4.74 Å². The van der Waals surface area contributed by atoms with Gasteiger partial charge in [0, 0.05) is 6.54 Å². The Hall–Kier alpha value is -2.58. The van der Waals surface area contributed by atoms with Crippen LogP contribution in [-0.4, -0.2) is 42.0 Å². The lowest BCUT2D eigenvalue weighted by Gasteiger charge is -2.27. The molecule has 8 heteroatoms. The van der Waals surface area contributed by atoms with E-state index in [0.717, 1.165) is 17.7 Å². The predicted molar refractivity (Wildman–Crippen MR) is 117 cm³/mol. The molecule has 0 aliphatic heterocycles. The normalized spacial score (nSPS) is 14.0. The van der Waals surface area contributed by atoms with Crippen LogP contribution in [0.25, 0.3) is 0 Å². The van der Waals surface area contributed by atoms with Gasteiger partial charge in [-0.1, -0.05) is 48.5 Å². The minimum atomic E-state index is -4.38. The second-order valence-electron chi connectivity index (χ2n) is 8.66. The molecule has 2 aromatic carbocycles. The van der Waals surface area contributed by atoms with Crippen LogP contribution in [0.5, 0.6) is 0 Å². The summed E-state index contributed by atoms with van der Waals surface area (Å²) in [5.74, 6) is 0. The molecule has 0 fully saturated rings. The zero-order valence-corrected chi connectivity index (χ0v) is 18.6. The van der Waals surface area contributed by atoms with Crippen LogP contribution in [0.1, 0.15) is 37.5 Å². The lowest BCUT2D eigenvalue weighted by molar-refractivity contribution is -0.137. The summed E-state index contributed by atoms with van der Waals surface area (Å²) in [4.78, 5) is 12.2. The van der Waals surface area contributed by atoms with E-state index in [1.807, 2.05) is 30.3 Å². The van der Waals surface area contributed by atoms with Crippen molar-refractivity contribution < 1.29 is 27.8 Å². The highest BCUT2D eigenvalue weighted by atomic mass is 19.4. The number of ether oxygens (including phenoxy) is 1. The van der Waals surface area contributed by atoms with Crippen molar-refractivity contribution in [2.24, 2.45) is 0 Å². The molecule has 0 spiro atoms. The van der Waals surface area contributed by atoms with Crippen LogP contribution in [0.4, 0.5) is 18.0 Å². The summed E-state index contributed by atoms with van der Waals surface area (Å²) < 4.78 is 43.8. The molecule has 1 amide bonds. The molecule has 176 valence electrons. The van der Waals surface area contributed by atoms with Gasteiger partial charge in [-0.15, -0.1) is 0 Å². The van der Waals surface area contributed by atoms with Crippen molar-refractivity contribution in [2.75, 3.05) is 13.1 Å². The molecule has 2 aromatic rings. The van der Waals surface area contributed by atoms with Gasteiger partial charge >= 0.3 is 12.3 Å². The zero-order valence-electron chi connectivity index (χ0n) is 18.6. The first-order valence-corrected chi connectivity index (χ1v) is 10.5. The van der Waals surface area contributed by atoms with Crippen molar-refractivity contribution in [1.29, 1.82) is 0 Å². The highest BCUT2D eigenvalue weighted by molar-refractivity contribution is 5.68. The molecule has 0 bridgehead atoms. The third-order valence-corrected chi connectivity index (χ3v) is 4.66. The van der Waals surface area contributed by atoms with Gasteiger partial charge in [0.2, 0.25) is 0 Å². The van der Waals surface area contributed by atoms with E-state index in [-0.39, 0.29) is 6.54 Å². The molecule has 0 saturated heterocycles. The highest BCUT2D eigenvalue weighted by Crippen LogP contribution is 2.29. The smallest absolute Gasteiger partial charge is 0.416 e. The van der Waals surface area contributed by atoms with Crippen molar-refractivity contribution in [3.05, 3.63) is 71.3 Å². The van der Waals surface area contributed by atoms with Crippen LogP contribution in [0, 0.1) is 0 Å². The first kappa shape index (κ1) is 25.7. The van der Waals surface area contributed by atoms with E-state index in [1.54, 1.807) is 26.8 Å². The second-order valence-corrected chi connectivity index (χ2v) is 8.66. The molecular formula is C24H31F3N2O3. The maximum absolute atomic E-state index is 12.8. The fraction of sp³-hybridized carbons (Fsp3) is 0.458. The Balaban J connectivity index is 1.92. The molecule has 32 heavy (non-hydrogen) atoms. The first-order valence-electron chi connectivity index (χ1n) is 10.5. The third kappa shape index (κ3) is 9.28. The fourth-order valence-corrected chi connectivity index (χ4v) is 3.14. The van der Waals surface area contributed by atoms with Crippen molar-refractivity contribution in [1.82, 2.24) is 10.6 Å². The number of alkyl halides is 3. The predicted octanol–water partition coefficient (Wildman–Crippen LogP) is 4.33. The number of halogens is 3. The average Bonchev–Trinajstić information content (AvgIpc) is 2.69. The van der Waals surface area contributed by atoms with E-state index in [9.17, 15) is 23.1 Å². The second kappa shape index (κ2) is 11.3. The molecule has 0 aliphatic rings. The van der Waals surface area contributed by atoms with Gasteiger partial charge in [0.1, 0.15) is 5.60 Å². The van der Waals surface area contributed by atoms with Crippen LogP contribution < -0.4 is 10.6 Å². The van der Waals surface area contributed by atoms with Crippen LogP contribution in [-0.2, 0) is 23.8 Å². The number of hydrogen-bond acceptors (Lipinski definition) is 4. The number of nitrogens with one attached hydrogen (secondary N) is 2. The van der Waals surface area contributed by atoms with Gasteiger partial charge in [0.05, 0.1) is 17.7 Å². The molecule has 0 unspecified atom stereocenters.